The number of hydrogen-bond donors (Lipinski definition) is 1. The maximum atomic E-state index is 9.08. The highest BCUT2D eigenvalue weighted by Crippen LogP contribution is 2.47. The van der Waals surface area contributed by atoms with Gasteiger partial charge in [-0.25, -0.2) is 0 Å². The van der Waals surface area contributed by atoms with Crippen LogP contribution in [0.25, 0.3) is 0 Å². The topological polar surface area (TPSA) is 33.4 Å². The largest absolute Gasteiger partial charge is 0.466 e. The van der Waals surface area contributed by atoms with Crippen molar-refractivity contribution in [3.05, 3.63) is 23.7 Å². The minimum Gasteiger partial charge on any atom is -0.466 e. The fraction of sp³-hybridized carbons (Fsp3) is 0.600. The fourth-order valence-corrected chi connectivity index (χ4v) is 1.52. The predicted octanol–water partition coefficient (Wildman–Crippen LogP) is 1.90. The van der Waals surface area contributed by atoms with Gasteiger partial charge in [0.15, 0.2) is 0 Å². The molecular weight excluding hydrogens is 152 g/mol. The van der Waals surface area contributed by atoms with Gasteiger partial charge in [0.25, 0.3) is 0 Å². The predicted molar refractivity (Wildman–Crippen MR) is 45.9 cm³/mol. The van der Waals surface area contributed by atoms with Crippen molar-refractivity contribution in [3.63, 3.8) is 0 Å². The maximum absolute atomic E-state index is 9.08. The summed E-state index contributed by atoms with van der Waals surface area (Å²) < 4.78 is 5.45. The number of aliphatic hydroxyl groups excluding tert-OH is 1. The van der Waals surface area contributed by atoms with E-state index in [2.05, 4.69) is 0 Å². The summed E-state index contributed by atoms with van der Waals surface area (Å²) >= 11 is 0. The van der Waals surface area contributed by atoms with Crippen LogP contribution in [0, 0.1) is 12.3 Å². The fourth-order valence-electron chi connectivity index (χ4n) is 1.52. The first-order valence-corrected chi connectivity index (χ1v) is 4.40. The van der Waals surface area contributed by atoms with E-state index in [0.29, 0.717) is 6.61 Å². The molecule has 0 bridgehead atoms. The van der Waals surface area contributed by atoms with Gasteiger partial charge in [-0.05, 0) is 31.9 Å². The third-order valence-electron chi connectivity index (χ3n) is 2.64. The van der Waals surface area contributed by atoms with Gasteiger partial charge in [0.05, 0.1) is 0 Å². The van der Waals surface area contributed by atoms with Gasteiger partial charge in [0.1, 0.15) is 11.5 Å². The second kappa shape index (κ2) is 2.63. The smallest absolute Gasteiger partial charge is 0.104 e. The molecule has 1 aromatic heterocycles. The quantitative estimate of drug-likeness (QED) is 0.744. The number of furan rings is 1. The van der Waals surface area contributed by atoms with E-state index in [-0.39, 0.29) is 5.41 Å². The highest BCUT2D eigenvalue weighted by molar-refractivity contribution is 5.10. The molecule has 2 rings (SSSR count). The molecule has 1 fully saturated rings. The molecule has 0 atom stereocenters. The second-order valence-electron chi connectivity index (χ2n) is 3.85. The van der Waals surface area contributed by atoms with E-state index in [9.17, 15) is 0 Å². The van der Waals surface area contributed by atoms with Gasteiger partial charge < -0.3 is 9.52 Å². The van der Waals surface area contributed by atoms with Crippen molar-refractivity contribution in [3.8, 4) is 0 Å². The van der Waals surface area contributed by atoms with Gasteiger partial charge >= 0.3 is 0 Å². The molecule has 0 aromatic carbocycles. The van der Waals surface area contributed by atoms with E-state index in [1.54, 1.807) is 0 Å². The lowest BCUT2D eigenvalue weighted by Gasteiger charge is -2.07. The Bertz CT molecular complexity index is 271. The zero-order chi connectivity index (χ0) is 8.60. The molecule has 0 unspecified atom stereocenters. The van der Waals surface area contributed by atoms with Gasteiger partial charge in [0.2, 0.25) is 0 Å². The average molecular weight is 166 g/mol. The Morgan fingerprint density at radius 3 is 2.67 bits per heavy atom. The Morgan fingerprint density at radius 1 is 1.50 bits per heavy atom. The summed E-state index contributed by atoms with van der Waals surface area (Å²) in [6.07, 6.45) is 3.18. The van der Waals surface area contributed by atoms with E-state index in [1.165, 1.54) is 0 Å². The molecule has 1 aromatic rings. The summed E-state index contributed by atoms with van der Waals surface area (Å²) in [7, 11) is 0. The molecule has 12 heavy (non-hydrogen) atoms. The Hall–Kier alpha value is -0.760. The minimum atomic E-state index is 0.171. The Labute approximate surface area is 72.2 Å². The number of aryl methyl sites for hydroxylation is 1. The molecule has 66 valence electrons. The van der Waals surface area contributed by atoms with Crippen LogP contribution >= 0.6 is 0 Å². The van der Waals surface area contributed by atoms with Crippen molar-refractivity contribution in [2.45, 2.75) is 26.2 Å². The van der Waals surface area contributed by atoms with Crippen LogP contribution in [0.2, 0.25) is 0 Å². The number of aliphatic hydroxyl groups is 1. The maximum Gasteiger partial charge on any atom is 0.104 e. The molecular formula is C10H14O2. The lowest BCUT2D eigenvalue weighted by molar-refractivity contribution is 0.204. The minimum absolute atomic E-state index is 0.171. The monoisotopic (exact) mass is 166 g/mol. The summed E-state index contributed by atoms with van der Waals surface area (Å²) in [5.74, 6) is 1.97. The highest BCUT2D eigenvalue weighted by atomic mass is 16.3. The molecule has 0 radical (unpaired) electrons. The van der Waals surface area contributed by atoms with Crippen molar-refractivity contribution >= 4 is 0 Å². The summed E-state index contributed by atoms with van der Waals surface area (Å²) in [6, 6.07) is 3.98. The zero-order valence-corrected chi connectivity index (χ0v) is 7.34. The SMILES string of the molecule is Cc1ccc(CC2(CO)CC2)o1. The molecule has 2 nitrogen and oxygen atoms in total. The molecule has 1 N–H and O–H groups in total. The lowest BCUT2D eigenvalue weighted by atomic mass is 10.0. The average Bonchev–Trinajstić information content (AvgIpc) is 2.71. The summed E-state index contributed by atoms with van der Waals surface area (Å²) in [5, 5.41) is 9.08. The van der Waals surface area contributed by atoms with Crippen molar-refractivity contribution in [1.29, 1.82) is 0 Å². The van der Waals surface area contributed by atoms with Crippen LogP contribution in [0.3, 0.4) is 0 Å². The van der Waals surface area contributed by atoms with E-state index < -0.39 is 0 Å². The van der Waals surface area contributed by atoms with Crippen molar-refractivity contribution < 1.29 is 9.52 Å². The van der Waals surface area contributed by atoms with Gasteiger partial charge in [-0.3, -0.25) is 0 Å². The first-order valence-electron chi connectivity index (χ1n) is 4.40. The lowest BCUT2D eigenvalue weighted by Crippen LogP contribution is -2.09. The standard InChI is InChI=1S/C10H14O2/c1-8-2-3-9(12-8)6-10(7-11)4-5-10/h2-3,11H,4-7H2,1H3. The number of rotatable bonds is 3. The van der Waals surface area contributed by atoms with Crippen LogP contribution in [0.4, 0.5) is 0 Å². The molecule has 1 heterocycles. The summed E-state index contributed by atoms with van der Waals surface area (Å²) in [5.41, 5.74) is 0.171. The molecule has 1 aliphatic rings. The molecule has 1 aliphatic carbocycles. The van der Waals surface area contributed by atoms with Gasteiger partial charge in [0, 0.05) is 18.4 Å². The first-order chi connectivity index (χ1) is 5.74. The molecule has 2 heteroatoms. The van der Waals surface area contributed by atoms with E-state index >= 15 is 0 Å². The van der Waals surface area contributed by atoms with Gasteiger partial charge in [-0.1, -0.05) is 0 Å². The van der Waals surface area contributed by atoms with Crippen LogP contribution in [-0.4, -0.2) is 11.7 Å². The number of hydrogen-bond acceptors (Lipinski definition) is 2. The zero-order valence-electron chi connectivity index (χ0n) is 7.34. The molecule has 0 aliphatic heterocycles. The van der Waals surface area contributed by atoms with Crippen molar-refractivity contribution in [2.24, 2.45) is 5.41 Å². The third-order valence-corrected chi connectivity index (χ3v) is 2.64. The van der Waals surface area contributed by atoms with Crippen molar-refractivity contribution in [1.82, 2.24) is 0 Å². The normalized spacial score (nSPS) is 19.5. The summed E-state index contributed by atoms with van der Waals surface area (Å²) in [4.78, 5) is 0. The second-order valence-corrected chi connectivity index (χ2v) is 3.85. The first kappa shape index (κ1) is 7.87. The molecule has 0 saturated heterocycles. The van der Waals surface area contributed by atoms with Crippen molar-refractivity contribution in [2.75, 3.05) is 6.61 Å². The Morgan fingerprint density at radius 2 is 2.25 bits per heavy atom. The van der Waals surface area contributed by atoms with E-state index in [4.69, 9.17) is 9.52 Å². The molecule has 0 amide bonds. The third kappa shape index (κ3) is 1.39. The Balaban J connectivity index is 2.04. The van der Waals surface area contributed by atoms with Gasteiger partial charge in [-0.2, -0.15) is 0 Å². The van der Waals surface area contributed by atoms with E-state index in [0.717, 1.165) is 30.8 Å². The van der Waals surface area contributed by atoms with Crippen LogP contribution in [0.15, 0.2) is 16.5 Å². The van der Waals surface area contributed by atoms with Gasteiger partial charge in [-0.15, -0.1) is 0 Å². The summed E-state index contributed by atoms with van der Waals surface area (Å²) in [6.45, 7) is 2.24. The van der Waals surface area contributed by atoms with Crippen LogP contribution < -0.4 is 0 Å². The van der Waals surface area contributed by atoms with Crippen LogP contribution in [-0.2, 0) is 6.42 Å². The van der Waals surface area contributed by atoms with Crippen LogP contribution in [0.1, 0.15) is 24.4 Å². The van der Waals surface area contributed by atoms with Crippen LogP contribution in [0.5, 0.6) is 0 Å². The molecule has 1 saturated carbocycles. The Kier molecular flexibility index (Phi) is 1.72. The molecule has 0 spiro atoms. The van der Waals surface area contributed by atoms with E-state index in [1.807, 2.05) is 19.1 Å². The highest BCUT2D eigenvalue weighted by Gasteiger charge is 2.42.